The quantitative estimate of drug-likeness (QED) is 0.603. The smallest absolute Gasteiger partial charge is 0.202 e. The second-order valence-electron chi connectivity index (χ2n) is 3.04. The zero-order chi connectivity index (χ0) is 7.78. The van der Waals surface area contributed by atoms with Crippen molar-refractivity contribution in [3.8, 4) is 0 Å². The molecular weight excluding hydrogens is 128 g/mol. The Bertz CT molecular complexity index is 193. The van der Waals surface area contributed by atoms with E-state index in [0.29, 0.717) is 6.42 Å². The number of hydrogen-bond donors (Lipinski definition) is 1. The third kappa shape index (κ3) is 0.838. The van der Waals surface area contributed by atoms with Gasteiger partial charge >= 0.3 is 0 Å². The molecule has 2 heteroatoms. The number of allylic oxidation sites excluding steroid dienone is 2. The van der Waals surface area contributed by atoms with Crippen molar-refractivity contribution < 1.29 is 9.90 Å². The van der Waals surface area contributed by atoms with Crippen molar-refractivity contribution in [2.24, 2.45) is 5.41 Å². The van der Waals surface area contributed by atoms with Gasteiger partial charge in [-0.05, 0) is 18.9 Å². The molecule has 0 radical (unpaired) electrons. The average Bonchev–Trinajstić information content (AvgIpc) is 2.19. The molecule has 0 amide bonds. The highest BCUT2D eigenvalue weighted by molar-refractivity contribution is 5.99. The molecule has 0 bridgehead atoms. The first-order valence-electron chi connectivity index (χ1n) is 3.54. The fourth-order valence-corrected chi connectivity index (χ4v) is 1.12. The molecule has 0 aromatic heterocycles. The maximum absolute atomic E-state index is 11.1. The van der Waals surface area contributed by atoms with Gasteiger partial charge in [0.15, 0.2) is 5.76 Å². The zero-order valence-electron chi connectivity index (χ0n) is 6.35. The Labute approximate surface area is 60.6 Å². The molecule has 1 aliphatic rings. The van der Waals surface area contributed by atoms with Crippen LogP contribution in [0.25, 0.3) is 0 Å². The summed E-state index contributed by atoms with van der Waals surface area (Å²) in [6, 6.07) is 0. The second kappa shape index (κ2) is 2.11. The van der Waals surface area contributed by atoms with E-state index >= 15 is 0 Å². The summed E-state index contributed by atoms with van der Waals surface area (Å²) in [7, 11) is 0. The number of carbonyl (C=O) groups is 1. The molecule has 1 atom stereocenters. The molecule has 56 valence electrons. The lowest BCUT2D eigenvalue weighted by molar-refractivity contribution is -0.125. The molecule has 0 spiro atoms. The lowest BCUT2D eigenvalue weighted by atomic mass is 9.84. The largest absolute Gasteiger partial charge is 0.505 e. The molecule has 1 aliphatic carbocycles. The van der Waals surface area contributed by atoms with Crippen molar-refractivity contribution in [3.63, 3.8) is 0 Å². The average molecular weight is 140 g/mol. The van der Waals surface area contributed by atoms with Crippen molar-refractivity contribution in [2.45, 2.75) is 26.7 Å². The van der Waals surface area contributed by atoms with E-state index in [1.807, 2.05) is 13.8 Å². The van der Waals surface area contributed by atoms with Crippen LogP contribution in [0.5, 0.6) is 0 Å². The van der Waals surface area contributed by atoms with Crippen LogP contribution >= 0.6 is 0 Å². The van der Waals surface area contributed by atoms with Gasteiger partial charge in [0.25, 0.3) is 0 Å². The molecule has 1 unspecified atom stereocenters. The number of hydrogen-bond acceptors (Lipinski definition) is 2. The normalized spacial score (nSPS) is 32.6. The number of aliphatic hydroxyl groups is 1. The van der Waals surface area contributed by atoms with E-state index in [1.54, 1.807) is 6.08 Å². The number of rotatable bonds is 1. The number of carbonyl (C=O) groups excluding carboxylic acids is 1. The van der Waals surface area contributed by atoms with Gasteiger partial charge in [0, 0.05) is 5.41 Å². The Morgan fingerprint density at radius 1 is 1.80 bits per heavy atom. The van der Waals surface area contributed by atoms with Crippen LogP contribution in [0, 0.1) is 5.41 Å². The fraction of sp³-hybridized carbons (Fsp3) is 0.625. The van der Waals surface area contributed by atoms with E-state index in [0.717, 1.165) is 6.42 Å². The summed E-state index contributed by atoms with van der Waals surface area (Å²) in [5, 5.41) is 8.98. The third-order valence-electron chi connectivity index (χ3n) is 2.31. The van der Waals surface area contributed by atoms with Crippen LogP contribution in [0.1, 0.15) is 26.7 Å². The van der Waals surface area contributed by atoms with Gasteiger partial charge in [-0.3, -0.25) is 4.79 Å². The number of aliphatic hydroxyl groups excluding tert-OH is 1. The highest BCUT2D eigenvalue weighted by Crippen LogP contribution is 2.35. The van der Waals surface area contributed by atoms with E-state index in [2.05, 4.69) is 0 Å². The minimum atomic E-state index is -0.315. The first kappa shape index (κ1) is 7.32. The predicted molar refractivity (Wildman–Crippen MR) is 38.7 cm³/mol. The molecule has 0 aromatic carbocycles. The van der Waals surface area contributed by atoms with E-state index in [1.165, 1.54) is 0 Å². The lowest BCUT2D eigenvalue weighted by Crippen LogP contribution is -2.22. The number of ketones is 1. The molecule has 0 fully saturated rings. The van der Waals surface area contributed by atoms with Crippen molar-refractivity contribution in [2.75, 3.05) is 0 Å². The van der Waals surface area contributed by atoms with Gasteiger partial charge in [-0.2, -0.15) is 0 Å². The molecule has 0 saturated heterocycles. The zero-order valence-corrected chi connectivity index (χ0v) is 6.35. The van der Waals surface area contributed by atoms with Gasteiger partial charge in [0.05, 0.1) is 0 Å². The van der Waals surface area contributed by atoms with Crippen LogP contribution < -0.4 is 0 Å². The molecule has 0 heterocycles. The third-order valence-corrected chi connectivity index (χ3v) is 2.31. The molecule has 0 saturated carbocycles. The summed E-state index contributed by atoms with van der Waals surface area (Å²) in [4.78, 5) is 11.1. The molecule has 0 aromatic rings. The van der Waals surface area contributed by atoms with Crippen molar-refractivity contribution in [3.05, 3.63) is 11.8 Å². The molecular formula is C8H12O2. The molecule has 10 heavy (non-hydrogen) atoms. The summed E-state index contributed by atoms with van der Waals surface area (Å²) < 4.78 is 0. The van der Waals surface area contributed by atoms with E-state index in [9.17, 15) is 4.79 Å². The van der Waals surface area contributed by atoms with Crippen LogP contribution in [0.4, 0.5) is 0 Å². The molecule has 0 aliphatic heterocycles. The van der Waals surface area contributed by atoms with Crippen molar-refractivity contribution in [1.82, 2.24) is 0 Å². The Morgan fingerprint density at radius 3 is 2.60 bits per heavy atom. The first-order valence-corrected chi connectivity index (χ1v) is 3.54. The molecule has 2 nitrogen and oxygen atoms in total. The van der Waals surface area contributed by atoms with Gasteiger partial charge in [0.1, 0.15) is 0 Å². The predicted octanol–water partition coefficient (Wildman–Crippen LogP) is 1.82. The monoisotopic (exact) mass is 140 g/mol. The summed E-state index contributed by atoms with van der Waals surface area (Å²) in [5.41, 5.74) is -0.315. The summed E-state index contributed by atoms with van der Waals surface area (Å²) in [6.45, 7) is 3.85. The standard InChI is InChI=1S/C8H12O2/c1-3-8(2)5-4-6(9)7(8)10/h4,9H,3,5H2,1-2H3. The first-order chi connectivity index (χ1) is 4.60. The van der Waals surface area contributed by atoms with Gasteiger partial charge in [-0.25, -0.2) is 0 Å². The molecule has 1 rings (SSSR count). The van der Waals surface area contributed by atoms with Crippen LogP contribution in [0.2, 0.25) is 0 Å². The number of Topliss-reactive ketones (excluding diaryl/α,β-unsaturated/α-hetero) is 1. The Kier molecular flexibility index (Phi) is 1.55. The second-order valence-corrected chi connectivity index (χ2v) is 3.04. The van der Waals surface area contributed by atoms with Crippen LogP contribution in [0.3, 0.4) is 0 Å². The maximum Gasteiger partial charge on any atom is 0.202 e. The Morgan fingerprint density at radius 2 is 2.40 bits per heavy atom. The van der Waals surface area contributed by atoms with Crippen LogP contribution in [-0.4, -0.2) is 10.9 Å². The van der Waals surface area contributed by atoms with Gasteiger partial charge in [-0.1, -0.05) is 13.8 Å². The maximum atomic E-state index is 11.1. The highest BCUT2D eigenvalue weighted by Gasteiger charge is 2.37. The minimum Gasteiger partial charge on any atom is -0.505 e. The fourth-order valence-electron chi connectivity index (χ4n) is 1.12. The van der Waals surface area contributed by atoms with E-state index in [-0.39, 0.29) is 17.0 Å². The van der Waals surface area contributed by atoms with Gasteiger partial charge < -0.3 is 5.11 Å². The van der Waals surface area contributed by atoms with Crippen molar-refractivity contribution in [1.29, 1.82) is 0 Å². The van der Waals surface area contributed by atoms with Crippen LogP contribution in [0.15, 0.2) is 11.8 Å². The highest BCUT2D eigenvalue weighted by atomic mass is 16.3. The topological polar surface area (TPSA) is 37.3 Å². The van der Waals surface area contributed by atoms with Crippen LogP contribution in [-0.2, 0) is 4.79 Å². The van der Waals surface area contributed by atoms with Crippen molar-refractivity contribution >= 4 is 5.78 Å². The summed E-state index contributed by atoms with van der Waals surface area (Å²) >= 11 is 0. The van der Waals surface area contributed by atoms with E-state index < -0.39 is 0 Å². The summed E-state index contributed by atoms with van der Waals surface area (Å²) in [5.74, 6) is -0.153. The molecule has 1 N–H and O–H groups in total. The van der Waals surface area contributed by atoms with E-state index in [4.69, 9.17) is 5.11 Å². The van der Waals surface area contributed by atoms with Gasteiger partial charge in [-0.15, -0.1) is 0 Å². The lowest BCUT2D eigenvalue weighted by Gasteiger charge is -2.18. The Hall–Kier alpha value is -0.790. The Balaban J connectivity index is 2.82. The van der Waals surface area contributed by atoms with Gasteiger partial charge in [0.2, 0.25) is 5.78 Å². The summed E-state index contributed by atoms with van der Waals surface area (Å²) in [6.07, 6.45) is 3.09. The SMILES string of the molecule is CCC1(C)CC=C(O)C1=O. The minimum absolute atomic E-state index is 0.0515.